The molecule has 0 N–H and O–H groups in total. The zero-order chi connectivity index (χ0) is 16.5. The molecule has 0 saturated carbocycles. The van der Waals surface area contributed by atoms with Crippen LogP contribution in [0.1, 0.15) is 82.1 Å². The fourth-order valence-electron chi connectivity index (χ4n) is 2.20. The Hall–Kier alpha value is -1.51. The van der Waals surface area contributed by atoms with Crippen LogP contribution in [-0.2, 0) is 0 Å². The summed E-state index contributed by atoms with van der Waals surface area (Å²) in [5.41, 5.74) is 1.73. The molecule has 1 aromatic carbocycles. The fourth-order valence-corrected chi connectivity index (χ4v) is 2.20. The molecule has 22 heavy (non-hydrogen) atoms. The van der Waals surface area contributed by atoms with E-state index < -0.39 is 0 Å². The molecule has 0 amide bonds. The summed E-state index contributed by atoms with van der Waals surface area (Å²) in [6.07, 6.45) is 4.18. The van der Waals surface area contributed by atoms with E-state index in [9.17, 15) is 4.79 Å². The van der Waals surface area contributed by atoms with Gasteiger partial charge in [-0.25, -0.2) is 0 Å². The normalized spacial score (nSPS) is 10.8. The van der Waals surface area contributed by atoms with Crippen molar-refractivity contribution in [1.82, 2.24) is 0 Å². The maximum Gasteiger partial charge on any atom is 0.163 e. The SMILES string of the molecule is CCCCOc1cc(OCCCC)c(C(C)C)cc1C(C)=O. The average molecular weight is 306 g/mol. The van der Waals surface area contributed by atoms with Crippen LogP contribution < -0.4 is 9.47 Å². The van der Waals surface area contributed by atoms with Gasteiger partial charge in [0, 0.05) is 6.07 Å². The first-order valence-corrected chi connectivity index (χ1v) is 8.45. The third kappa shape index (κ3) is 5.36. The number of unbranched alkanes of at least 4 members (excludes halogenated alkanes) is 2. The Bertz CT molecular complexity index is 478. The zero-order valence-electron chi connectivity index (χ0n) is 14.7. The molecule has 0 aromatic heterocycles. The third-order valence-corrected chi connectivity index (χ3v) is 3.62. The van der Waals surface area contributed by atoms with Crippen LogP contribution >= 0.6 is 0 Å². The highest BCUT2D eigenvalue weighted by Gasteiger charge is 2.17. The number of ether oxygens (including phenoxy) is 2. The molecule has 0 unspecified atom stereocenters. The van der Waals surface area contributed by atoms with E-state index in [1.165, 1.54) is 0 Å². The molecular weight excluding hydrogens is 276 g/mol. The molecule has 3 heteroatoms. The molecule has 1 aromatic rings. The summed E-state index contributed by atoms with van der Waals surface area (Å²) in [4.78, 5) is 11.9. The van der Waals surface area contributed by atoms with Gasteiger partial charge in [-0.1, -0.05) is 40.5 Å². The maximum atomic E-state index is 11.9. The van der Waals surface area contributed by atoms with Crippen LogP contribution in [0.15, 0.2) is 12.1 Å². The number of Topliss-reactive ketones (excluding diaryl/α,β-unsaturated/α-hetero) is 1. The van der Waals surface area contributed by atoms with Gasteiger partial charge >= 0.3 is 0 Å². The molecule has 3 nitrogen and oxygen atoms in total. The molecule has 124 valence electrons. The van der Waals surface area contributed by atoms with Gasteiger partial charge in [-0.2, -0.15) is 0 Å². The number of hydrogen-bond acceptors (Lipinski definition) is 3. The molecule has 1 rings (SSSR count). The van der Waals surface area contributed by atoms with Crippen LogP contribution in [0.2, 0.25) is 0 Å². The van der Waals surface area contributed by atoms with Gasteiger partial charge in [0.1, 0.15) is 11.5 Å². The maximum absolute atomic E-state index is 11.9. The Balaban J connectivity index is 3.11. The molecule has 0 saturated heterocycles. The highest BCUT2D eigenvalue weighted by atomic mass is 16.5. The van der Waals surface area contributed by atoms with E-state index in [0.717, 1.165) is 37.0 Å². The second-order valence-electron chi connectivity index (χ2n) is 6.00. The molecule has 0 radical (unpaired) electrons. The molecule has 0 fully saturated rings. The largest absolute Gasteiger partial charge is 0.493 e. The van der Waals surface area contributed by atoms with E-state index in [2.05, 4.69) is 27.7 Å². The van der Waals surface area contributed by atoms with Crippen LogP contribution in [0.3, 0.4) is 0 Å². The smallest absolute Gasteiger partial charge is 0.163 e. The Morgan fingerprint density at radius 2 is 1.55 bits per heavy atom. The quantitative estimate of drug-likeness (QED) is 0.430. The summed E-state index contributed by atoms with van der Waals surface area (Å²) in [6.45, 7) is 11.4. The van der Waals surface area contributed by atoms with Crippen molar-refractivity contribution in [3.05, 3.63) is 23.3 Å². The lowest BCUT2D eigenvalue weighted by atomic mass is 9.97. The average Bonchev–Trinajstić information content (AvgIpc) is 2.47. The first-order valence-electron chi connectivity index (χ1n) is 8.45. The molecule has 0 bridgehead atoms. The first kappa shape index (κ1) is 18.5. The van der Waals surface area contributed by atoms with Gasteiger partial charge in [0.25, 0.3) is 0 Å². The molecule has 0 heterocycles. The van der Waals surface area contributed by atoms with E-state index in [1.54, 1.807) is 6.92 Å². The Morgan fingerprint density at radius 3 is 2.00 bits per heavy atom. The van der Waals surface area contributed by atoms with Crippen LogP contribution in [0.5, 0.6) is 11.5 Å². The second kappa shape index (κ2) is 9.50. The van der Waals surface area contributed by atoms with Crippen molar-refractivity contribution in [2.45, 2.75) is 66.2 Å². The van der Waals surface area contributed by atoms with E-state index in [4.69, 9.17) is 9.47 Å². The standard InChI is InChI=1S/C19H30O3/c1-6-8-10-21-18-13-19(22-11-9-7-2)17(15(5)20)12-16(18)14(3)4/h12-14H,6-11H2,1-5H3. The van der Waals surface area contributed by atoms with Gasteiger partial charge in [-0.15, -0.1) is 0 Å². The highest BCUT2D eigenvalue weighted by molar-refractivity contribution is 5.97. The van der Waals surface area contributed by atoms with Gasteiger partial charge < -0.3 is 9.47 Å². The topological polar surface area (TPSA) is 35.5 Å². The van der Waals surface area contributed by atoms with Crippen molar-refractivity contribution >= 4 is 5.78 Å². The Kier molecular flexibility index (Phi) is 8.00. The predicted octanol–water partition coefficient (Wildman–Crippen LogP) is 5.37. The summed E-state index contributed by atoms with van der Waals surface area (Å²) in [7, 11) is 0. The summed E-state index contributed by atoms with van der Waals surface area (Å²) >= 11 is 0. The fraction of sp³-hybridized carbons (Fsp3) is 0.632. The molecule has 0 atom stereocenters. The summed E-state index contributed by atoms with van der Waals surface area (Å²) in [5, 5.41) is 0. The number of carbonyl (C=O) groups is 1. The second-order valence-corrected chi connectivity index (χ2v) is 6.00. The number of rotatable bonds is 10. The van der Waals surface area contributed by atoms with E-state index in [0.29, 0.717) is 30.4 Å². The Morgan fingerprint density at radius 1 is 1.00 bits per heavy atom. The van der Waals surface area contributed by atoms with Gasteiger partial charge in [0.05, 0.1) is 18.8 Å². The Labute approximate surface area is 135 Å². The summed E-state index contributed by atoms with van der Waals surface area (Å²) in [6, 6.07) is 3.84. The molecule has 0 spiro atoms. The summed E-state index contributed by atoms with van der Waals surface area (Å²) in [5.74, 6) is 1.84. The van der Waals surface area contributed by atoms with Gasteiger partial charge in [-0.3, -0.25) is 4.79 Å². The minimum Gasteiger partial charge on any atom is -0.493 e. The number of carbonyl (C=O) groups excluding carboxylic acids is 1. The van der Waals surface area contributed by atoms with Gasteiger partial charge in [0.15, 0.2) is 5.78 Å². The van der Waals surface area contributed by atoms with Crippen molar-refractivity contribution in [1.29, 1.82) is 0 Å². The first-order chi connectivity index (χ1) is 10.5. The van der Waals surface area contributed by atoms with Crippen molar-refractivity contribution in [3.8, 4) is 11.5 Å². The summed E-state index contributed by atoms with van der Waals surface area (Å²) < 4.78 is 11.7. The zero-order valence-corrected chi connectivity index (χ0v) is 14.7. The van der Waals surface area contributed by atoms with Crippen molar-refractivity contribution in [3.63, 3.8) is 0 Å². The number of ketones is 1. The van der Waals surface area contributed by atoms with Crippen LogP contribution in [0.25, 0.3) is 0 Å². The minimum absolute atomic E-state index is 0.0357. The lowest BCUT2D eigenvalue weighted by Crippen LogP contribution is -2.07. The van der Waals surface area contributed by atoms with Crippen LogP contribution in [-0.4, -0.2) is 19.0 Å². The third-order valence-electron chi connectivity index (χ3n) is 3.62. The molecule has 0 aliphatic carbocycles. The van der Waals surface area contributed by atoms with E-state index in [1.807, 2.05) is 12.1 Å². The lowest BCUT2D eigenvalue weighted by molar-refractivity contribution is 0.101. The monoisotopic (exact) mass is 306 g/mol. The number of hydrogen-bond donors (Lipinski definition) is 0. The predicted molar refractivity (Wildman–Crippen MR) is 91.3 cm³/mol. The molecule has 0 aliphatic rings. The van der Waals surface area contributed by atoms with Crippen molar-refractivity contribution < 1.29 is 14.3 Å². The molecule has 0 aliphatic heterocycles. The van der Waals surface area contributed by atoms with Crippen LogP contribution in [0, 0.1) is 0 Å². The van der Waals surface area contributed by atoms with E-state index >= 15 is 0 Å². The number of benzene rings is 1. The van der Waals surface area contributed by atoms with Gasteiger partial charge in [0.2, 0.25) is 0 Å². The lowest BCUT2D eigenvalue weighted by Gasteiger charge is -2.18. The highest BCUT2D eigenvalue weighted by Crippen LogP contribution is 2.34. The van der Waals surface area contributed by atoms with Gasteiger partial charge in [-0.05, 0) is 37.3 Å². The van der Waals surface area contributed by atoms with Crippen LogP contribution in [0.4, 0.5) is 0 Å². The minimum atomic E-state index is 0.0357. The van der Waals surface area contributed by atoms with E-state index in [-0.39, 0.29) is 5.78 Å². The molecular formula is C19H30O3. The van der Waals surface area contributed by atoms with Crippen molar-refractivity contribution in [2.24, 2.45) is 0 Å². The van der Waals surface area contributed by atoms with Crippen molar-refractivity contribution in [2.75, 3.05) is 13.2 Å².